The normalized spacial score (nSPS) is 12.0. The van der Waals surface area contributed by atoms with Gasteiger partial charge in [0.05, 0.1) is 0 Å². The number of aromatic nitrogens is 2. The molecular formula is C21H21ClN4. The second-order valence-corrected chi connectivity index (χ2v) is 6.28. The van der Waals surface area contributed by atoms with E-state index in [9.17, 15) is 0 Å². The van der Waals surface area contributed by atoms with Gasteiger partial charge >= 0.3 is 0 Å². The summed E-state index contributed by atoms with van der Waals surface area (Å²) in [5, 5.41) is 5.07. The van der Waals surface area contributed by atoms with Crippen molar-refractivity contribution in [2.75, 3.05) is 6.54 Å². The van der Waals surface area contributed by atoms with Gasteiger partial charge in [-0.25, -0.2) is 4.98 Å². The van der Waals surface area contributed by atoms with E-state index in [1.807, 2.05) is 60.8 Å². The molecule has 0 fully saturated rings. The van der Waals surface area contributed by atoms with Crippen LogP contribution in [-0.2, 0) is 6.42 Å². The van der Waals surface area contributed by atoms with Gasteiger partial charge in [-0.05, 0) is 42.3 Å². The SMILES string of the molecule is C=C(/C=C\C=C(/N)c1ccnc2[nH]ccc12)NCCc1ccccc1Cl. The van der Waals surface area contributed by atoms with E-state index in [0.29, 0.717) is 5.70 Å². The quantitative estimate of drug-likeness (QED) is 0.544. The van der Waals surface area contributed by atoms with Gasteiger partial charge < -0.3 is 16.0 Å². The van der Waals surface area contributed by atoms with Gasteiger partial charge in [0.1, 0.15) is 5.65 Å². The van der Waals surface area contributed by atoms with E-state index in [2.05, 4.69) is 21.9 Å². The molecule has 3 aromatic rings. The molecule has 0 atom stereocenters. The molecule has 4 N–H and O–H groups in total. The highest BCUT2D eigenvalue weighted by Gasteiger charge is 2.04. The van der Waals surface area contributed by atoms with Crippen molar-refractivity contribution in [3.05, 3.63) is 95.4 Å². The monoisotopic (exact) mass is 364 g/mol. The lowest BCUT2D eigenvalue weighted by Gasteiger charge is -2.07. The minimum atomic E-state index is 0.678. The summed E-state index contributed by atoms with van der Waals surface area (Å²) in [6.45, 7) is 4.77. The first-order chi connectivity index (χ1) is 12.6. The number of pyridine rings is 1. The lowest BCUT2D eigenvalue weighted by Crippen LogP contribution is -2.14. The zero-order valence-corrected chi connectivity index (χ0v) is 15.1. The predicted octanol–water partition coefficient (Wildman–Crippen LogP) is 4.42. The third-order valence-corrected chi connectivity index (χ3v) is 4.42. The smallest absolute Gasteiger partial charge is 0.137 e. The molecule has 0 bridgehead atoms. The van der Waals surface area contributed by atoms with Crippen LogP contribution in [0, 0.1) is 0 Å². The molecule has 0 saturated carbocycles. The lowest BCUT2D eigenvalue weighted by atomic mass is 10.1. The summed E-state index contributed by atoms with van der Waals surface area (Å²) in [5.41, 5.74) is 10.6. The van der Waals surface area contributed by atoms with Gasteiger partial charge in [-0.3, -0.25) is 0 Å². The number of nitrogens with zero attached hydrogens (tertiary/aromatic N) is 1. The van der Waals surface area contributed by atoms with Crippen LogP contribution in [0.15, 0.2) is 79.3 Å². The van der Waals surface area contributed by atoms with E-state index in [4.69, 9.17) is 17.3 Å². The molecule has 2 aromatic heterocycles. The standard InChI is InChI=1S/C21H21ClN4/c1-15(24-12-9-16-6-2-3-7-19(16)22)5-4-8-20(23)17-10-13-25-21-18(17)11-14-26-21/h2-8,10-11,13-14,24H,1,9,12,23H2,(H,25,26)/b5-4-,20-8-. The third kappa shape index (κ3) is 4.35. The van der Waals surface area contributed by atoms with Crippen molar-refractivity contribution < 1.29 is 0 Å². The number of hydrogen-bond acceptors (Lipinski definition) is 3. The predicted molar refractivity (Wildman–Crippen MR) is 110 cm³/mol. The summed E-state index contributed by atoms with van der Waals surface area (Å²) < 4.78 is 0. The highest BCUT2D eigenvalue weighted by molar-refractivity contribution is 6.31. The Balaban J connectivity index is 1.55. The zero-order chi connectivity index (χ0) is 18.4. The molecule has 0 radical (unpaired) electrons. The first-order valence-corrected chi connectivity index (χ1v) is 8.75. The van der Waals surface area contributed by atoms with Crippen molar-refractivity contribution in [1.82, 2.24) is 15.3 Å². The average molecular weight is 365 g/mol. The largest absolute Gasteiger partial charge is 0.398 e. The van der Waals surface area contributed by atoms with Crippen LogP contribution in [0.1, 0.15) is 11.1 Å². The molecule has 4 nitrogen and oxygen atoms in total. The summed E-state index contributed by atoms with van der Waals surface area (Å²) in [5.74, 6) is 0. The van der Waals surface area contributed by atoms with Crippen molar-refractivity contribution in [3.63, 3.8) is 0 Å². The molecule has 0 unspecified atom stereocenters. The number of benzene rings is 1. The van der Waals surface area contributed by atoms with Crippen molar-refractivity contribution in [3.8, 4) is 0 Å². The zero-order valence-electron chi connectivity index (χ0n) is 14.4. The Morgan fingerprint density at radius 1 is 1.27 bits per heavy atom. The van der Waals surface area contributed by atoms with Crippen LogP contribution in [0.4, 0.5) is 0 Å². The van der Waals surface area contributed by atoms with Gasteiger partial charge in [-0.1, -0.05) is 42.5 Å². The molecule has 1 aromatic carbocycles. The highest BCUT2D eigenvalue weighted by atomic mass is 35.5. The highest BCUT2D eigenvalue weighted by Crippen LogP contribution is 2.20. The van der Waals surface area contributed by atoms with E-state index in [0.717, 1.165) is 45.8 Å². The van der Waals surface area contributed by atoms with Crippen LogP contribution >= 0.6 is 11.6 Å². The Morgan fingerprint density at radius 2 is 2.12 bits per heavy atom. The number of rotatable bonds is 7. The summed E-state index contributed by atoms with van der Waals surface area (Å²) >= 11 is 6.16. The maximum Gasteiger partial charge on any atom is 0.137 e. The minimum absolute atomic E-state index is 0.678. The Morgan fingerprint density at radius 3 is 2.96 bits per heavy atom. The van der Waals surface area contributed by atoms with Crippen LogP contribution in [0.3, 0.4) is 0 Å². The van der Waals surface area contributed by atoms with Crippen LogP contribution < -0.4 is 11.1 Å². The summed E-state index contributed by atoms with van der Waals surface area (Å²) in [6.07, 6.45) is 10.1. The summed E-state index contributed by atoms with van der Waals surface area (Å²) in [7, 11) is 0. The topological polar surface area (TPSA) is 66.7 Å². The van der Waals surface area contributed by atoms with Gasteiger partial charge in [-0.15, -0.1) is 0 Å². The number of nitrogens with two attached hydrogens (primary N) is 1. The molecule has 2 heterocycles. The second kappa shape index (κ2) is 8.41. The van der Waals surface area contributed by atoms with Crippen molar-refractivity contribution in [1.29, 1.82) is 0 Å². The Kier molecular flexibility index (Phi) is 5.77. The van der Waals surface area contributed by atoms with E-state index < -0.39 is 0 Å². The second-order valence-electron chi connectivity index (χ2n) is 5.87. The van der Waals surface area contributed by atoms with E-state index in [1.165, 1.54) is 0 Å². The molecule has 0 saturated heterocycles. The van der Waals surface area contributed by atoms with Gasteiger partial charge in [0.15, 0.2) is 0 Å². The number of allylic oxidation sites excluding steroid dienone is 3. The number of nitrogens with one attached hydrogen (secondary N) is 2. The minimum Gasteiger partial charge on any atom is -0.398 e. The summed E-state index contributed by atoms with van der Waals surface area (Å²) in [6, 6.07) is 11.7. The van der Waals surface area contributed by atoms with Crippen LogP contribution in [0.2, 0.25) is 5.02 Å². The molecule has 5 heteroatoms. The number of fused-ring (bicyclic) bond motifs is 1. The Bertz CT molecular complexity index is 969. The van der Waals surface area contributed by atoms with E-state index in [1.54, 1.807) is 6.20 Å². The van der Waals surface area contributed by atoms with Crippen LogP contribution in [-0.4, -0.2) is 16.5 Å². The third-order valence-electron chi connectivity index (χ3n) is 4.05. The molecule has 0 aliphatic rings. The maximum absolute atomic E-state index is 6.20. The summed E-state index contributed by atoms with van der Waals surface area (Å²) in [4.78, 5) is 7.35. The van der Waals surface area contributed by atoms with Crippen molar-refractivity contribution >= 4 is 28.3 Å². The average Bonchev–Trinajstić information content (AvgIpc) is 3.12. The Hall–Kier alpha value is -2.98. The molecule has 0 aliphatic heterocycles. The van der Waals surface area contributed by atoms with E-state index >= 15 is 0 Å². The molecule has 3 rings (SSSR count). The molecule has 0 aliphatic carbocycles. The fourth-order valence-corrected chi connectivity index (χ4v) is 2.92. The number of hydrogen-bond donors (Lipinski definition) is 3. The molecular weight excluding hydrogens is 344 g/mol. The number of H-pyrrole nitrogens is 1. The molecule has 26 heavy (non-hydrogen) atoms. The van der Waals surface area contributed by atoms with Crippen LogP contribution in [0.25, 0.3) is 16.7 Å². The fourth-order valence-electron chi connectivity index (χ4n) is 2.69. The number of halogens is 1. The molecule has 0 amide bonds. The van der Waals surface area contributed by atoms with Gasteiger partial charge in [0.2, 0.25) is 0 Å². The van der Waals surface area contributed by atoms with Gasteiger partial charge in [-0.2, -0.15) is 0 Å². The maximum atomic E-state index is 6.20. The van der Waals surface area contributed by atoms with E-state index in [-0.39, 0.29) is 0 Å². The first kappa shape index (κ1) is 17.8. The first-order valence-electron chi connectivity index (χ1n) is 8.37. The van der Waals surface area contributed by atoms with Crippen molar-refractivity contribution in [2.24, 2.45) is 5.73 Å². The fraction of sp³-hybridized carbons (Fsp3) is 0.0952. The molecule has 132 valence electrons. The van der Waals surface area contributed by atoms with Crippen LogP contribution in [0.5, 0.6) is 0 Å². The lowest BCUT2D eigenvalue weighted by molar-refractivity contribution is 0.807. The Labute approximate surface area is 158 Å². The number of aromatic amines is 1. The van der Waals surface area contributed by atoms with Crippen molar-refractivity contribution in [2.45, 2.75) is 6.42 Å². The van der Waals surface area contributed by atoms with Gasteiger partial charge in [0.25, 0.3) is 0 Å². The molecule has 0 spiro atoms. The van der Waals surface area contributed by atoms with Gasteiger partial charge in [0, 0.05) is 46.3 Å².